The number of rotatable bonds is 11. The van der Waals surface area contributed by atoms with Crippen LogP contribution in [0.25, 0.3) is 0 Å². The van der Waals surface area contributed by atoms with Gasteiger partial charge in [-0.25, -0.2) is 9.59 Å². The molecule has 0 spiro atoms. The van der Waals surface area contributed by atoms with E-state index in [0.29, 0.717) is 38.8 Å². The molecule has 0 unspecified atom stereocenters. The quantitative estimate of drug-likeness (QED) is 0.518. The number of carboxylic acid groups (broad SMARTS) is 2. The van der Waals surface area contributed by atoms with Crippen molar-refractivity contribution in [1.29, 1.82) is 0 Å². The maximum absolute atomic E-state index is 12.1. The summed E-state index contributed by atoms with van der Waals surface area (Å²) in [6, 6.07) is -1.30. The van der Waals surface area contributed by atoms with Gasteiger partial charge in [0.2, 0.25) is 11.8 Å². The van der Waals surface area contributed by atoms with Gasteiger partial charge in [-0.3, -0.25) is 9.59 Å². The first-order valence-corrected chi connectivity index (χ1v) is 10.5. The van der Waals surface area contributed by atoms with E-state index in [4.69, 9.17) is 10.2 Å². The van der Waals surface area contributed by atoms with Gasteiger partial charge in [0, 0.05) is 25.9 Å². The highest BCUT2D eigenvalue weighted by molar-refractivity contribution is 5.84. The number of aliphatic carboxylic acids is 2. The summed E-state index contributed by atoms with van der Waals surface area (Å²) in [5.41, 5.74) is 0. The van der Waals surface area contributed by atoms with Gasteiger partial charge in [-0.1, -0.05) is 25.7 Å². The number of unbranched alkanes of at least 4 members (excludes halogenated alkanes) is 5. The van der Waals surface area contributed by atoms with Gasteiger partial charge in [0.1, 0.15) is 12.1 Å². The molecule has 0 aliphatic carbocycles. The summed E-state index contributed by atoms with van der Waals surface area (Å²) in [6.45, 7) is 1.09. The number of hydrogen-bond donors (Lipinski definition) is 2. The van der Waals surface area contributed by atoms with Crippen molar-refractivity contribution in [2.24, 2.45) is 0 Å². The highest BCUT2D eigenvalue weighted by Crippen LogP contribution is 2.21. The van der Waals surface area contributed by atoms with Gasteiger partial charge in [-0.15, -0.1) is 0 Å². The fourth-order valence-electron chi connectivity index (χ4n) is 4.19. The standard InChI is InChI=1S/C20H32N2O6/c23-17(21-13-7-9-15(21)19(25)26)11-5-3-1-2-4-6-12-18(24)22-14-8-10-16(22)20(27)28/h15-16H,1-14H2,(H,25,26)(H,27,28)/t15-,16-/m1/s1. The minimum Gasteiger partial charge on any atom is -0.480 e. The van der Waals surface area contributed by atoms with Gasteiger partial charge >= 0.3 is 11.9 Å². The minimum atomic E-state index is -0.913. The highest BCUT2D eigenvalue weighted by atomic mass is 16.4. The van der Waals surface area contributed by atoms with Crippen LogP contribution in [0.2, 0.25) is 0 Å². The monoisotopic (exact) mass is 396 g/mol. The molecule has 8 heteroatoms. The van der Waals surface area contributed by atoms with E-state index < -0.39 is 24.0 Å². The largest absolute Gasteiger partial charge is 0.480 e. The number of carbonyl (C=O) groups is 4. The van der Waals surface area contributed by atoms with Gasteiger partial charge in [-0.2, -0.15) is 0 Å². The molecule has 2 N–H and O–H groups in total. The van der Waals surface area contributed by atoms with Crippen LogP contribution in [-0.2, 0) is 19.2 Å². The van der Waals surface area contributed by atoms with Gasteiger partial charge < -0.3 is 20.0 Å². The molecule has 0 saturated carbocycles. The van der Waals surface area contributed by atoms with Crippen molar-refractivity contribution < 1.29 is 29.4 Å². The van der Waals surface area contributed by atoms with E-state index in [2.05, 4.69) is 0 Å². The fraction of sp³-hybridized carbons (Fsp3) is 0.800. The maximum Gasteiger partial charge on any atom is 0.326 e. The second kappa shape index (κ2) is 11.0. The first kappa shape index (κ1) is 22.2. The Morgan fingerprint density at radius 3 is 1.36 bits per heavy atom. The Kier molecular flexibility index (Phi) is 8.73. The van der Waals surface area contributed by atoms with Crippen LogP contribution < -0.4 is 0 Å². The van der Waals surface area contributed by atoms with Crippen LogP contribution in [0.5, 0.6) is 0 Å². The number of amides is 2. The molecule has 158 valence electrons. The molecule has 8 nitrogen and oxygen atoms in total. The second-order valence-electron chi connectivity index (χ2n) is 7.79. The third kappa shape index (κ3) is 6.21. The Labute approximate surface area is 165 Å². The predicted molar refractivity (Wildman–Crippen MR) is 102 cm³/mol. The van der Waals surface area contributed by atoms with E-state index in [9.17, 15) is 19.2 Å². The highest BCUT2D eigenvalue weighted by Gasteiger charge is 2.34. The van der Waals surface area contributed by atoms with Crippen molar-refractivity contribution >= 4 is 23.8 Å². The SMILES string of the molecule is O=C(O)[C@H]1CCCN1C(=O)CCCCCCCCC(=O)N1CCC[C@@H]1C(=O)O. The molecule has 2 aliphatic rings. The zero-order valence-corrected chi connectivity index (χ0v) is 16.5. The molecule has 2 fully saturated rings. The van der Waals surface area contributed by atoms with Gasteiger partial charge in [0.15, 0.2) is 0 Å². The zero-order chi connectivity index (χ0) is 20.5. The molecule has 2 aliphatic heterocycles. The Hall–Kier alpha value is -2.12. The maximum atomic E-state index is 12.1. The van der Waals surface area contributed by atoms with Crippen LogP contribution in [0.4, 0.5) is 0 Å². The molecule has 2 rings (SSSR count). The molecule has 0 radical (unpaired) electrons. The molecule has 0 aromatic heterocycles. The molecule has 2 atom stereocenters. The number of hydrogen-bond acceptors (Lipinski definition) is 4. The lowest BCUT2D eigenvalue weighted by molar-refractivity contribution is -0.148. The van der Waals surface area contributed by atoms with Crippen LogP contribution in [-0.4, -0.2) is 68.9 Å². The van der Waals surface area contributed by atoms with Crippen LogP contribution >= 0.6 is 0 Å². The summed E-state index contributed by atoms with van der Waals surface area (Å²) in [6.07, 6.45) is 8.70. The molecule has 0 aromatic carbocycles. The van der Waals surface area contributed by atoms with Crippen molar-refractivity contribution in [3.63, 3.8) is 0 Å². The summed E-state index contributed by atoms with van der Waals surface area (Å²) < 4.78 is 0. The van der Waals surface area contributed by atoms with E-state index >= 15 is 0 Å². The molecule has 2 amide bonds. The average Bonchev–Trinajstić information content (AvgIpc) is 3.32. The number of likely N-dealkylation sites (tertiary alicyclic amines) is 2. The zero-order valence-electron chi connectivity index (χ0n) is 16.5. The molecule has 0 aromatic rings. The Morgan fingerprint density at radius 2 is 1.00 bits per heavy atom. The topological polar surface area (TPSA) is 115 Å². The van der Waals surface area contributed by atoms with Gasteiger partial charge in [0.05, 0.1) is 0 Å². The van der Waals surface area contributed by atoms with E-state index in [1.54, 1.807) is 0 Å². The third-order valence-electron chi connectivity index (χ3n) is 5.75. The summed E-state index contributed by atoms with van der Waals surface area (Å²) in [7, 11) is 0. The summed E-state index contributed by atoms with van der Waals surface area (Å²) in [5, 5.41) is 18.2. The van der Waals surface area contributed by atoms with Crippen LogP contribution in [0.15, 0.2) is 0 Å². The average molecular weight is 396 g/mol. The second-order valence-corrected chi connectivity index (χ2v) is 7.79. The van der Waals surface area contributed by atoms with Crippen molar-refractivity contribution in [3.05, 3.63) is 0 Å². The molecule has 2 heterocycles. The summed E-state index contributed by atoms with van der Waals surface area (Å²) in [4.78, 5) is 49.5. The van der Waals surface area contributed by atoms with E-state index in [0.717, 1.165) is 51.4 Å². The number of carboxylic acids is 2. The van der Waals surface area contributed by atoms with Gasteiger partial charge in [-0.05, 0) is 38.5 Å². The minimum absolute atomic E-state index is 0.0610. The van der Waals surface area contributed by atoms with Crippen molar-refractivity contribution in [2.75, 3.05) is 13.1 Å². The van der Waals surface area contributed by atoms with E-state index in [1.807, 2.05) is 0 Å². The first-order chi connectivity index (χ1) is 13.4. The Morgan fingerprint density at radius 1 is 0.643 bits per heavy atom. The van der Waals surface area contributed by atoms with Crippen LogP contribution in [0, 0.1) is 0 Å². The number of nitrogens with zero attached hydrogens (tertiary/aromatic N) is 2. The summed E-state index contributed by atoms with van der Waals surface area (Å²) in [5.74, 6) is -1.95. The first-order valence-electron chi connectivity index (χ1n) is 10.5. The molecular weight excluding hydrogens is 364 g/mol. The smallest absolute Gasteiger partial charge is 0.326 e. The predicted octanol–water partition coefficient (Wildman–Crippen LogP) is 2.26. The number of carbonyl (C=O) groups excluding carboxylic acids is 2. The Balaban J connectivity index is 1.51. The van der Waals surface area contributed by atoms with Crippen molar-refractivity contribution in [2.45, 2.75) is 89.1 Å². The normalized spacial score (nSPS) is 21.9. The van der Waals surface area contributed by atoms with Crippen molar-refractivity contribution in [1.82, 2.24) is 9.80 Å². The molecule has 2 saturated heterocycles. The third-order valence-corrected chi connectivity index (χ3v) is 5.75. The fourth-order valence-corrected chi connectivity index (χ4v) is 4.19. The molecule has 28 heavy (non-hydrogen) atoms. The van der Waals surface area contributed by atoms with E-state index in [1.165, 1.54) is 9.80 Å². The summed E-state index contributed by atoms with van der Waals surface area (Å²) >= 11 is 0. The lowest BCUT2D eigenvalue weighted by Crippen LogP contribution is -2.40. The molecule has 0 bridgehead atoms. The lowest BCUT2D eigenvalue weighted by atomic mass is 10.1. The van der Waals surface area contributed by atoms with E-state index in [-0.39, 0.29) is 11.8 Å². The lowest BCUT2D eigenvalue weighted by Gasteiger charge is -2.21. The van der Waals surface area contributed by atoms with Gasteiger partial charge in [0.25, 0.3) is 0 Å². The van der Waals surface area contributed by atoms with Crippen molar-refractivity contribution in [3.8, 4) is 0 Å². The van der Waals surface area contributed by atoms with Crippen LogP contribution in [0.3, 0.4) is 0 Å². The Bertz CT molecular complexity index is 529. The van der Waals surface area contributed by atoms with Crippen LogP contribution in [0.1, 0.15) is 77.0 Å². The molecular formula is C20H32N2O6.